The molecule has 56 valence electrons. The Balaban J connectivity index is 2.36. The monoisotopic (exact) mass is 149 g/mol. The molecule has 1 atom stereocenters. The minimum Gasteiger partial charge on any atom is -0.291 e. The van der Waals surface area contributed by atoms with Crippen LogP contribution in [0.1, 0.15) is 0 Å². The molecule has 0 bridgehead atoms. The third kappa shape index (κ3) is 0.991. The zero-order valence-corrected chi connectivity index (χ0v) is 5.78. The highest BCUT2D eigenvalue weighted by atomic mass is 16.7. The molecular weight excluding hydrogens is 142 g/mol. The van der Waals surface area contributed by atoms with Crippen LogP contribution in [0.4, 0.5) is 0 Å². The minimum absolute atomic E-state index is 0.0145. The fourth-order valence-corrected chi connectivity index (χ4v) is 1.10. The van der Waals surface area contributed by atoms with E-state index in [4.69, 9.17) is 4.84 Å². The van der Waals surface area contributed by atoms with Crippen LogP contribution in [-0.4, -0.2) is 11.9 Å². The van der Waals surface area contributed by atoms with Gasteiger partial charge in [-0.25, -0.2) is 0 Å². The van der Waals surface area contributed by atoms with Gasteiger partial charge in [-0.3, -0.25) is 15.1 Å². The Morgan fingerprint density at radius 2 is 2.36 bits per heavy atom. The maximum absolute atomic E-state index is 11.1. The highest BCUT2D eigenvalue weighted by molar-refractivity contribution is 5.98. The van der Waals surface area contributed by atoms with Gasteiger partial charge in [-0.2, -0.15) is 0 Å². The molecule has 1 N–H and O–H groups in total. The van der Waals surface area contributed by atoms with Crippen LogP contribution in [0, 0.1) is 0 Å². The van der Waals surface area contributed by atoms with Gasteiger partial charge in [-0.15, -0.1) is 0 Å². The molecule has 3 heteroatoms. The molecule has 1 aliphatic carbocycles. The second kappa shape index (κ2) is 2.36. The lowest BCUT2D eigenvalue weighted by molar-refractivity contribution is -0.126. The zero-order chi connectivity index (χ0) is 7.68. The number of hydrogen-bond donors (Lipinski definition) is 1. The lowest BCUT2D eigenvalue weighted by Gasteiger charge is -2.21. The average molecular weight is 149 g/mol. The third-order valence-electron chi connectivity index (χ3n) is 1.64. The molecule has 0 aromatic rings. The molecule has 3 nitrogen and oxygen atoms in total. The van der Waals surface area contributed by atoms with Crippen molar-refractivity contribution in [1.82, 2.24) is 5.48 Å². The number of hydroxylamine groups is 1. The molecule has 2 rings (SSSR count). The first-order chi connectivity index (χ1) is 5.38. The van der Waals surface area contributed by atoms with Crippen molar-refractivity contribution in [2.24, 2.45) is 0 Å². The number of nitrogens with one attached hydrogen (secondary N) is 1. The predicted molar refractivity (Wildman–Crippen MR) is 39.4 cm³/mol. The molecule has 0 amide bonds. The van der Waals surface area contributed by atoms with Crippen molar-refractivity contribution in [3.8, 4) is 0 Å². The van der Waals surface area contributed by atoms with E-state index in [2.05, 4.69) is 5.48 Å². The molecule has 2 aliphatic rings. The van der Waals surface area contributed by atoms with Crippen LogP contribution >= 0.6 is 0 Å². The lowest BCUT2D eigenvalue weighted by atomic mass is 10.0. The molecule has 1 aliphatic heterocycles. The number of fused-ring (bicyclic) bond motifs is 1. The molecule has 0 saturated heterocycles. The number of ketones is 1. The maximum Gasteiger partial charge on any atom is 0.191 e. The van der Waals surface area contributed by atoms with Crippen molar-refractivity contribution < 1.29 is 9.63 Å². The van der Waals surface area contributed by atoms with Crippen LogP contribution in [-0.2, 0) is 9.63 Å². The van der Waals surface area contributed by atoms with Crippen LogP contribution in [0.2, 0.25) is 0 Å². The van der Waals surface area contributed by atoms with Crippen molar-refractivity contribution in [3.63, 3.8) is 0 Å². The van der Waals surface area contributed by atoms with Gasteiger partial charge >= 0.3 is 0 Å². The number of carbonyl (C=O) groups is 1. The van der Waals surface area contributed by atoms with Crippen molar-refractivity contribution in [2.45, 2.75) is 6.10 Å². The first kappa shape index (κ1) is 6.37. The summed E-state index contributed by atoms with van der Waals surface area (Å²) in [5.41, 5.74) is 3.44. The zero-order valence-electron chi connectivity index (χ0n) is 5.78. The first-order valence-electron chi connectivity index (χ1n) is 3.38. The average Bonchev–Trinajstić information content (AvgIpc) is 2.06. The summed E-state index contributed by atoms with van der Waals surface area (Å²) in [4.78, 5) is 16.1. The van der Waals surface area contributed by atoms with Crippen molar-refractivity contribution in [3.05, 3.63) is 36.1 Å². The summed E-state index contributed by atoms with van der Waals surface area (Å²) in [6.45, 7) is 0. The van der Waals surface area contributed by atoms with Crippen LogP contribution in [0.15, 0.2) is 36.1 Å². The highest BCUT2D eigenvalue weighted by Crippen LogP contribution is 2.16. The van der Waals surface area contributed by atoms with Gasteiger partial charge in [0.15, 0.2) is 11.9 Å². The quantitative estimate of drug-likeness (QED) is 0.544. The minimum atomic E-state index is -0.440. The second-order valence-corrected chi connectivity index (χ2v) is 2.38. The van der Waals surface area contributed by atoms with E-state index in [0.29, 0.717) is 0 Å². The van der Waals surface area contributed by atoms with Crippen molar-refractivity contribution in [1.29, 1.82) is 0 Å². The van der Waals surface area contributed by atoms with E-state index in [1.54, 1.807) is 12.3 Å². The highest BCUT2D eigenvalue weighted by Gasteiger charge is 2.24. The molecule has 0 aromatic carbocycles. The van der Waals surface area contributed by atoms with Gasteiger partial charge in [0.2, 0.25) is 0 Å². The number of rotatable bonds is 0. The molecule has 1 heterocycles. The van der Waals surface area contributed by atoms with Gasteiger partial charge in [0.05, 0.1) is 0 Å². The van der Waals surface area contributed by atoms with E-state index in [0.717, 1.165) is 5.57 Å². The summed E-state index contributed by atoms with van der Waals surface area (Å²) in [6.07, 6.45) is 8.15. The van der Waals surface area contributed by atoms with Gasteiger partial charge in [-0.1, -0.05) is 12.2 Å². The number of allylic oxidation sites excluding steroid dienone is 2. The van der Waals surface area contributed by atoms with Gasteiger partial charge in [-0.05, 0) is 17.7 Å². The lowest BCUT2D eigenvalue weighted by Crippen LogP contribution is -2.33. The Bertz CT molecular complexity index is 276. The Hall–Kier alpha value is -1.35. The molecule has 0 spiro atoms. The normalized spacial score (nSPS) is 27.5. The predicted octanol–water partition coefficient (Wildman–Crippen LogP) is 0.469. The van der Waals surface area contributed by atoms with Crippen molar-refractivity contribution >= 4 is 5.78 Å². The van der Waals surface area contributed by atoms with E-state index in [9.17, 15) is 4.79 Å². The Morgan fingerprint density at radius 3 is 3.18 bits per heavy atom. The Labute approximate surface area is 64.0 Å². The van der Waals surface area contributed by atoms with E-state index in [-0.39, 0.29) is 5.78 Å². The maximum atomic E-state index is 11.1. The summed E-state index contributed by atoms with van der Waals surface area (Å²) in [5.74, 6) is -0.0145. The smallest absolute Gasteiger partial charge is 0.191 e. The van der Waals surface area contributed by atoms with E-state index >= 15 is 0 Å². The van der Waals surface area contributed by atoms with Crippen LogP contribution in [0.25, 0.3) is 0 Å². The van der Waals surface area contributed by atoms with E-state index in [1.165, 1.54) is 6.08 Å². The molecule has 0 saturated carbocycles. The molecule has 0 fully saturated rings. The fraction of sp³-hybridized carbons (Fsp3) is 0.125. The molecular formula is C8H7NO2. The summed E-state index contributed by atoms with van der Waals surface area (Å²) in [6, 6.07) is 0. The summed E-state index contributed by atoms with van der Waals surface area (Å²) >= 11 is 0. The molecule has 11 heavy (non-hydrogen) atoms. The van der Waals surface area contributed by atoms with Crippen LogP contribution < -0.4 is 5.48 Å². The summed E-state index contributed by atoms with van der Waals surface area (Å²) in [5, 5.41) is 0. The summed E-state index contributed by atoms with van der Waals surface area (Å²) < 4.78 is 0. The Morgan fingerprint density at radius 1 is 1.45 bits per heavy atom. The third-order valence-corrected chi connectivity index (χ3v) is 1.64. The fourth-order valence-electron chi connectivity index (χ4n) is 1.10. The van der Waals surface area contributed by atoms with Crippen LogP contribution in [0.5, 0.6) is 0 Å². The topological polar surface area (TPSA) is 38.3 Å². The number of carbonyl (C=O) groups excluding carboxylic acids is 1. The van der Waals surface area contributed by atoms with Crippen LogP contribution in [0.3, 0.4) is 0 Å². The van der Waals surface area contributed by atoms with Gasteiger partial charge < -0.3 is 0 Å². The SMILES string of the molecule is O=C1C=CC=C2C=CNOC12. The summed E-state index contributed by atoms with van der Waals surface area (Å²) in [7, 11) is 0. The van der Waals surface area contributed by atoms with E-state index < -0.39 is 6.10 Å². The van der Waals surface area contributed by atoms with Gasteiger partial charge in [0.1, 0.15) is 0 Å². The largest absolute Gasteiger partial charge is 0.291 e. The molecule has 1 unspecified atom stereocenters. The van der Waals surface area contributed by atoms with Gasteiger partial charge in [0, 0.05) is 6.20 Å². The number of hydrogen-bond acceptors (Lipinski definition) is 3. The standard InChI is InChI=1S/C8H7NO2/c10-7-3-1-2-6-4-5-9-11-8(6)7/h1-5,8-9H. The first-order valence-corrected chi connectivity index (χ1v) is 3.38. The Kier molecular flexibility index (Phi) is 1.36. The van der Waals surface area contributed by atoms with E-state index in [1.807, 2.05) is 12.2 Å². The molecule has 0 aromatic heterocycles. The second-order valence-electron chi connectivity index (χ2n) is 2.38. The van der Waals surface area contributed by atoms with Gasteiger partial charge in [0.25, 0.3) is 0 Å². The van der Waals surface area contributed by atoms with Crippen molar-refractivity contribution in [2.75, 3.05) is 0 Å². The molecule has 0 radical (unpaired) electrons.